The van der Waals surface area contributed by atoms with Crippen LogP contribution in [0.15, 0.2) is 28.8 Å². The van der Waals surface area contributed by atoms with E-state index in [4.69, 9.17) is 4.42 Å². The lowest BCUT2D eigenvalue weighted by molar-refractivity contribution is -0.140. The lowest BCUT2D eigenvalue weighted by Crippen LogP contribution is -2.53. The van der Waals surface area contributed by atoms with Gasteiger partial charge in [-0.05, 0) is 37.9 Å². The molecule has 0 bridgehead atoms. The third-order valence-electron chi connectivity index (χ3n) is 5.49. The van der Waals surface area contributed by atoms with E-state index in [1.165, 1.54) is 6.42 Å². The Morgan fingerprint density at radius 1 is 1.19 bits per heavy atom. The minimum absolute atomic E-state index is 0.163. The molecule has 2 aliphatic heterocycles. The highest BCUT2D eigenvalue weighted by molar-refractivity contribution is 5.77. The lowest BCUT2D eigenvalue weighted by atomic mass is 9.73. The van der Waals surface area contributed by atoms with Gasteiger partial charge in [0, 0.05) is 38.0 Å². The van der Waals surface area contributed by atoms with Crippen molar-refractivity contribution in [3.8, 4) is 0 Å². The quantitative estimate of drug-likeness (QED) is 0.837. The van der Waals surface area contributed by atoms with E-state index < -0.39 is 0 Å². The minimum atomic E-state index is 0.163. The van der Waals surface area contributed by atoms with E-state index in [2.05, 4.69) is 20.1 Å². The van der Waals surface area contributed by atoms with Gasteiger partial charge in [0.05, 0.1) is 18.8 Å². The molecule has 2 fully saturated rings. The number of hydrogen-bond donors (Lipinski definition) is 0. The van der Waals surface area contributed by atoms with Crippen LogP contribution in [0.2, 0.25) is 0 Å². The smallest absolute Gasteiger partial charge is 0.230 e. The van der Waals surface area contributed by atoms with Crippen LogP contribution in [0.5, 0.6) is 0 Å². The Kier molecular flexibility index (Phi) is 4.72. The van der Waals surface area contributed by atoms with Crippen LogP contribution in [0.4, 0.5) is 0 Å². The van der Waals surface area contributed by atoms with Crippen molar-refractivity contribution in [2.75, 3.05) is 19.6 Å². The second-order valence-electron chi connectivity index (χ2n) is 7.60. The fourth-order valence-electron chi connectivity index (χ4n) is 4.30. The van der Waals surface area contributed by atoms with Crippen molar-refractivity contribution in [1.82, 2.24) is 25.0 Å². The molecule has 26 heavy (non-hydrogen) atoms. The predicted molar refractivity (Wildman–Crippen MR) is 94.9 cm³/mol. The summed E-state index contributed by atoms with van der Waals surface area (Å²) in [7, 11) is 0. The molecule has 0 aromatic carbocycles. The molecule has 0 N–H and O–H groups in total. The topological polar surface area (TPSA) is 75.4 Å². The molecule has 2 aromatic rings. The second-order valence-corrected chi connectivity index (χ2v) is 7.60. The van der Waals surface area contributed by atoms with Gasteiger partial charge in [0.25, 0.3) is 0 Å². The van der Waals surface area contributed by atoms with Gasteiger partial charge in [0.2, 0.25) is 17.7 Å². The van der Waals surface area contributed by atoms with Gasteiger partial charge >= 0.3 is 0 Å². The number of aromatic nitrogens is 3. The number of rotatable bonds is 4. The van der Waals surface area contributed by atoms with Gasteiger partial charge in [-0.3, -0.25) is 14.7 Å². The molecule has 0 radical (unpaired) electrons. The monoisotopic (exact) mass is 355 g/mol. The zero-order chi connectivity index (χ0) is 18.0. The first-order valence-corrected chi connectivity index (χ1v) is 9.31. The summed E-state index contributed by atoms with van der Waals surface area (Å²) in [6, 6.07) is 5.86. The lowest BCUT2D eigenvalue weighted by Gasteiger charge is -2.48. The summed E-state index contributed by atoms with van der Waals surface area (Å²) in [4.78, 5) is 21.2. The van der Waals surface area contributed by atoms with Crippen LogP contribution in [0.1, 0.15) is 43.2 Å². The van der Waals surface area contributed by atoms with E-state index in [0.29, 0.717) is 31.3 Å². The molecule has 0 aliphatic carbocycles. The van der Waals surface area contributed by atoms with Crippen molar-refractivity contribution in [2.45, 2.75) is 45.7 Å². The first kappa shape index (κ1) is 17.1. The number of aryl methyl sites for hydroxylation is 1. The molecule has 2 saturated heterocycles. The summed E-state index contributed by atoms with van der Waals surface area (Å²) < 4.78 is 5.54. The van der Waals surface area contributed by atoms with E-state index in [1.54, 1.807) is 6.20 Å². The number of carbonyl (C=O) groups is 1. The third-order valence-corrected chi connectivity index (χ3v) is 5.49. The molecule has 2 aliphatic rings. The molecule has 4 rings (SSSR count). The average Bonchev–Trinajstić information content (AvgIpc) is 3.04. The molecule has 0 saturated carbocycles. The van der Waals surface area contributed by atoms with Crippen molar-refractivity contribution >= 4 is 5.91 Å². The van der Waals surface area contributed by atoms with E-state index in [-0.39, 0.29) is 11.3 Å². The molecule has 1 atom stereocenters. The largest absolute Gasteiger partial charge is 0.424 e. The standard InChI is InChI=1S/C19H25N5O2/c1-15-21-22-17(26-15)12-23-10-4-7-19(13-23)8-6-18(25)24(14-19)11-16-5-2-3-9-20-16/h2-3,5,9H,4,6-8,10-14H2,1H3/t19-/m1/s1. The number of likely N-dealkylation sites (tertiary alicyclic amines) is 2. The van der Waals surface area contributed by atoms with E-state index in [9.17, 15) is 4.79 Å². The Morgan fingerprint density at radius 3 is 2.88 bits per heavy atom. The number of carbonyl (C=O) groups excluding carboxylic acids is 1. The Bertz CT molecular complexity index is 762. The summed E-state index contributed by atoms with van der Waals surface area (Å²) in [5.74, 6) is 1.53. The SMILES string of the molecule is Cc1nnc(CN2CCC[C@@]3(CCC(=O)N(Cc4ccccn4)C3)C2)o1. The molecular formula is C19H25N5O2. The highest BCUT2D eigenvalue weighted by Crippen LogP contribution is 2.39. The molecule has 1 amide bonds. The van der Waals surface area contributed by atoms with Crippen molar-refractivity contribution in [3.63, 3.8) is 0 Å². The summed E-state index contributed by atoms with van der Waals surface area (Å²) in [5, 5.41) is 8.05. The van der Waals surface area contributed by atoms with E-state index in [1.807, 2.05) is 30.0 Å². The number of nitrogens with zero attached hydrogens (tertiary/aromatic N) is 5. The summed E-state index contributed by atoms with van der Waals surface area (Å²) in [6.07, 6.45) is 5.68. The second kappa shape index (κ2) is 7.15. The molecule has 7 nitrogen and oxygen atoms in total. The maximum atomic E-state index is 12.5. The molecule has 7 heteroatoms. The molecule has 1 spiro atoms. The third kappa shape index (κ3) is 3.77. The van der Waals surface area contributed by atoms with Crippen LogP contribution < -0.4 is 0 Å². The molecule has 2 aromatic heterocycles. The maximum absolute atomic E-state index is 12.5. The van der Waals surface area contributed by atoms with Crippen LogP contribution in [0, 0.1) is 12.3 Å². The van der Waals surface area contributed by atoms with Gasteiger partial charge in [-0.1, -0.05) is 6.07 Å². The Morgan fingerprint density at radius 2 is 2.12 bits per heavy atom. The van der Waals surface area contributed by atoms with Crippen LogP contribution in [0.25, 0.3) is 0 Å². The van der Waals surface area contributed by atoms with Crippen LogP contribution in [-0.4, -0.2) is 50.5 Å². The number of pyridine rings is 1. The van der Waals surface area contributed by atoms with Crippen molar-refractivity contribution in [2.24, 2.45) is 5.41 Å². The van der Waals surface area contributed by atoms with Gasteiger partial charge in [0.1, 0.15) is 0 Å². The van der Waals surface area contributed by atoms with Crippen LogP contribution in [-0.2, 0) is 17.9 Å². The molecule has 4 heterocycles. The Hall–Kier alpha value is -2.28. The zero-order valence-electron chi connectivity index (χ0n) is 15.2. The van der Waals surface area contributed by atoms with Gasteiger partial charge in [-0.2, -0.15) is 0 Å². The summed E-state index contributed by atoms with van der Waals surface area (Å²) in [5.41, 5.74) is 1.11. The molecule has 0 unspecified atom stereocenters. The van der Waals surface area contributed by atoms with Crippen molar-refractivity contribution in [3.05, 3.63) is 41.9 Å². The number of piperidine rings is 2. The first-order valence-electron chi connectivity index (χ1n) is 9.31. The average molecular weight is 355 g/mol. The van der Waals surface area contributed by atoms with Gasteiger partial charge in [-0.15, -0.1) is 10.2 Å². The van der Waals surface area contributed by atoms with E-state index in [0.717, 1.165) is 38.2 Å². The fraction of sp³-hybridized carbons (Fsp3) is 0.579. The summed E-state index contributed by atoms with van der Waals surface area (Å²) >= 11 is 0. The van der Waals surface area contributed by atoms with Gasteiger partial charge in [0.15, 0.2) is 0 Å². The highest BCUT2D eigenvalue weighted by Gasteiger charge is 2.41. The first-order chi connectivity index (χ1) is 12.6. The predicted octanol–water partition coefficient (Wildman–Crippen LogP) is 2.18. The molecule has 138 valence electrons. The van der Waals surface area contributed by atoms with Crippen LogP contribution >= 0.6 is 0 Å². The molecular weight excluding hydrogens is 330 g/mol. The summed E-state index contributed by atoms with van der Waals surface area (Å²) in [6.45, 7) is 5.93. The Balaban J connectivity index is 1.43. The minimum Gasteiger partial charge on any atom is -0.424 e. The van der Waals surface area contributed by atoms with Gasteiger partial charge < -0.3 is 9.32 Å². The van der Waals surface area contributed by atoms with Gasteiger partial charge in [-0.25, -0.2) is 0 Å². The number of amides is 1. The maximum Gasteiger partial charge on any atom is 0.230 e. The Labute approximate surface area is 153 Å². The van der Waals surface area contributed by atoms with Crippen LogP contribution in [0.3, 0.4) is 0 Å². The number of hydrogen-bond acceptors (Lipinski definition) is 6. The zero-order valence-corrected chi connectivity index (χ0v) is 15.2. The highest BCUT2D eigenvalue weighted by atomic mass is 16.4. The van der Waals surface area contributed by atoms with Crippen molar-refractivity contribution in [1.29, 1.82) is 0 Å². The fourth-order valence-corrected chi connectivity index (χ4v) is 4.30. The van der Waals surface area contributed by atoms with Crippen molar-refractivity contribution < 1.29 is 9.21 Å². The normalized spacial score (nSPS) is 24.3. The van der Waals surface area contributed by atoms with E-state index >= 15 is 0 Å².